The van der Waals surface area contributed by atoms with E-state index in [1.807, 2.05) is 78.9 Å². The van der Waals surface area contributed by atoms with Gasteiger partial charge in [0.15, 0.2) is 11.1 Å². The van der Waals surface area contributed by atoms with E-state index in [4.69, 9.17) is 0 Å². The van der Waals surface area contributed by atoms with Crippen LogP contribution in [0.15, 0.2) is 85.4 Å². The van der Waals surface area contributed by atoms with Crippen LogP contribution in [-0.2, 0) is 20.7 Å². The van der Waals surface area contributed by atoms with E-state index in [-0.39, 0.29) is 0 Å². The minimum Gasteiger partial charge on any atom is -0.316 e. The van der Waals surface area contributed by atoms with Crippen molar-refractivity contribution >= 4 is 30.0 Å². The van der Waals surface area contributed by atoms with Gasteiger partial charge in [0.25, 0.3) is 11.8 Å². The summed E-state index contributed by atoms with van der Waals surface area (Å²) in [7, 11) is 0. The molecule has 6 amide bonds. The molecule has 4 N–H and O–H groups in total. The molecule has 2 aliphatic carbocycles. The molecule has 8 heteroatoms. The average Bonchev–Trinajstić information content (AvgIpc) is 3.63. The summed E-state index contributed by atoms with van der Waals surface area (Å²) in [6, 6.07) is 23.8. The molecule has 2 aliphatic heterocycles. The van der Waals surface area contributed by atoms with Gasteiger partial charge in [-0.05, 0) is 62.7 Å². The van der Waals surface area contributed by atoms with E-state index in [0.29, 0.717) is 16.7 Å². The Hall–Kier alpha value is -5.50. The minimum absolute atomic E-state index is 0.424. The second kappa shape index (κ2) is 7.33. The third-order valence-electron chi connectivity index (χ3n) is 8.51. The summed E-state index contributed by atoms with van der Waals surface area (Å²) in [6.45, 7) is 3.85. The van der Waals surface area contributed by atoms with Gasteiger partial charge < -0.3 is 10.6 Å². The largest absolute Gasteiger partial charge is 0.322 e. The van der Waals surface area contributed by atoms with Crippen molar-refractivity contribution in [3.05, 3.63) is 113 Å². The highest BCUT2D eigenvalue weighted by atomic mass is 16.2. The van der Waals surface area contributed by atoms with Crippen molar-refractivity contribution in [1.82, 2.24) is 21.3 Å². The molecule has 2 spiro atoms. The van der Waals surface area contributed by atoms with Crippen molar-refractivity contribution < 1.29 is 19.2 Å². The van der Waals surface area contributed by atoms with E-state index in [9.17, 15) is 19.2 Å². The summed E-state index contributed by atoms with van der Waals surface area (Å²) in [5, 5.41) is 10.6. The Bertz CT molecular complexity index is 1930. The molecule has 8 rings (SSSR count). The molecule has 2 heterocycles. The fourth-order valence-corrected chi connectivity index (χ4v) is 6.78. The number of urea groups is 2. The van der Waals surface area contributed by atoms with Crippen molar-refractivity contribution in [2.24, 2.45) is 0 Å². The van der Waals surface area contributed by atoms with E-state index in [1.54, 1.807) is 6.08 Å². The van der Waals surface area contributed by atoms with Crippen LogP contribution in [0.2, 0.25) is 0 Å². The molecular weight excluding hydrogens is 504 g/mol. The fourth-order valence-electron chi connectivity index (χ4n) is 6.78. The Labute approximate surface area is 228 Å². The minimum atomic E-state index is -1.37. The maximum absolute atomic E-state index is 13.4. The highest BCUT2D eigenvalue weighted by molar-refractivity contribution is 6.14. The summed E-state index contributed by atoms with van der Waals surface area (Å²) >= 11 is 0. The zero-order valence-electron chi connectivity index (χ0n) is 20.9. The number of carbonyl (C=O) groups is 4. The highest BCUT2D eigenvalue weighted by Crippen LogP contribution is 2.52. The van der Waals surface area contributed by atoms with Gasteiger partial charge >= 0.3 is 12.1 Å². The molecule has 2 saturated heterocycles. The lowest BCUT2D eigenvalue weighted by Gasteiger charge is -2.25. The number of nitrogens with one attached hydrogen (secondary N) is 4. The van der Waals surface area contributed by atoms with Crippen LogP contribution in [0.3, 0.4) is 0 Å². The average molecular weight is 525 g/mol. The molecule has 2 atom stereocenters. The van der Waals surface area contributed by atoms with Crippen molar-refractivity contribution in [1.29, 1.82) is 0 Å². The lowest BCUT2D eigenvalue weighted by atomic mass is 9.84. The van der Waals surface area contributed by atoms with Crippen LogP contribution in [0, 0.1) is 0 Å². The summed E-state index contributed by atoms with van der Waals surface area (Å²) in [5.41, 5.74) is 5.93. The first-order valence-corrected chi connectivity index (χ1v) is 12.8. The lowest BCUT2D eigenvalue weighted by Crippen LogP contribution is -2.43. The third kappa shape index (κ3) is 2.55. The monoisotopic (exact) mass is 524 g/mol. The van der Waals surface area contributed by atoms with Gasteiger partial charge in [-0.3, -0.25) is 20.2 Å². The van der Waals surface area contributed by atoms with Crippen molar-refractivity contribution in [2.45, 2.75) is 11.1 Å². The number of hydrogen-bond donors (Lipinski definition) is 4. The fraction of sp³-hybridized carbons (Fsp3) is 0.0625. The number of carbonyl (C=O) groups excluding carboxylic acids is 4. The van der Waals surface area contributed by atoms with Gasteiger partial charge in [0.05, 0.1) is 0 Å². The summed E-state index contributed by atoms with van der Waals surface area (Å²) in [4.78, 5) is 51.5. The molecule has 2 unspecified atom stereocenters. The predicted octanol–water partition coefficient (Wildman–Crippen LogP) is 4.12. The van der Waals surface area contributed by atoms with Gasteiger partial charge in [0, 0.05) is 16.7 Å². The van der Waals surface area contributed by atoms with Crippen LogP contribution in [-0.4, -0.2) is 23.9 Å². The van der Waals surface area contributed by atoms with Gasteiger partial charge in [-0.15, -0.1) is 0 Å². The SMILES string of the molecule is C=Cc1ccc2c(c1)C1(NC(=O)NC1=O)c1cc(-c3ccc4c(c3)C3(NC(=O)NC3=O)c3ccccc3-4)ccc1-2. The Morgan fingerprint density at radius 2 is 1.02 bits per heavy atom. The molecule has 0 saturated carbocycles. The molecule has 4 aliphatic rings. The number of benzene rings is 4. The van der Waals surface area contributed by atoms with E-state index >= 15 is 0 Å². The predicted molar refractivity (Wildman–Crippen MR) is 148 cm³/mol. The Balaban J connectivity index is 1.33. The molecule has 2 fully saturated rings. The van der Waals surface area contributed by atoms with Crippen LogP contribution in [0.1, 0.15) is 27.8 Å². The van der Waals surface area contributed by atoms with E-state index in [2.05, 4.69) is 27.8 Å². The van der Waals surface area contributed by atoms with Crippen LogP contribution in [0.25, 0.3) is 39.5 Å². The highest BCUT2D eigenvalue weighted by Gasteiger charge is 2.56. The van der Waals surface area contributed by atoms with Gasteiger partial charge in [-0.2, -0.15) is 0 Å². The van der Waals surface area contributed by atoms with Crippen molar-refractivity contribution in [2.75, 3.05) is 0 Å². The van der Waals surface area contributed by atoms with Crippen molar-refractivity contribution in [3.8, 4) is 33.4 Å². The first-order chi connectivity index (χ1) is 19.4. The lowest BCUT2D eigenvalue weighted by molar-refractivity contribution is -0.123. The zero-order valence-corrected chi connectivity index (χ0v) is 20.9. The molecule has 192 valence electrons. The molecule has 0 aromatic heterocycles. The van der Waals surface area contributed by atoms with Crippen LogP contribution >= 0.6 is 0 Å². The van der Waals surface area contributed by atoms with Crippen LogP contribution in [0.5, 0.6) is 0 Å². The van der Waals surface area contributed by atoms with Crippen LogP contribution in [0.4, 0.5) is 9.59 Å². The van der Waals surface area contributed by atoms with Crippen molar-refractivity contribution in [3.63, 3.8) is 0 Å². The van der Waals surface area contributed by atoms with Gasteiger partial charge in [0.2, 0.25) is 0 Å². The molecule has 40 heavy (non-hydrogen) atoms. The molecule has 4 aromatic rings. The van der Waals surface area contributed by atoms with Gasteiger partial charge in [-0.1, -0.05) is 73.3 Å². The second-order valence-corrected chi connectivity index (χ2v) is 10.4. The maximum atomic E-state index is 13.4. The smallest absolute Gasteiger partial charge is 0.316 e. The number of hydrogen-bond acceptors (Lipinski definition) is 4. The van der Waals surface area contributed by atoms with Gasteiger partial charge in [-0.25, -0.2) is 9.59 Å². The third-order valence-corrected chi connectivity index (χ3v) is 8.51. The number of fused-ring (bicyclic) bond motifs is 10. The van der Waals surface area contributed by atoms with E-state index in [0.717, 1.165) is 44.5 Å². The number of imide groups is 2. The standard InChI is InChI=1S/C32H20N4O4/c1-2-16-7-10-20-22-12-9-18(15-26(22)32(24(20)13-16)28(38)34-30(40)36-32)17-8-11-21-19-5-3-4-6-23(19)31(25(21)14-17)27(37)33-29(39)35-31/h2-15H,1H2,(H2,33,35,37,39)(H2,34,36,38,40). The zero-order chi connectivity index (χ0) is 27.4. The summed E-state index contributed by atoms with van der Waals surface area (Å²) in [6.07, 6.45) is 1.70. The first-order valence-electron chi connectivity index (χ1n) is 12.8. The Morgan fingerprint density at radius 3 is 1.55 bits per heavy atom. The molecule has 0 radical (unpaired) electrons. The van der Waals surface area contributed by atoms with E-state index in [1.165, 1.54) is 0 Å². The summed E-state index contributed by atoms with van der Waals surface area (Å²) < 4.78 is 0. The number of amides is 6. The molecule has 8 nitrogen and oxygen atoms in total. The van der Waals surface area contributed by atoms with Gasteiger partial charge in [0.1, 0.15) is 0 Å². The van der Waals surface area contributed by atoms with Crippen LogP contribution < -0.4 is 21.3 Å². The second-order valence-electron chi connectivity index (χ2n) is 10.4. The van der Waals surface area contributed by atoms with E-state index < -0.39 is 35.0 Å². The quantitative estimate of drug-likeness (QED) is 0.295. The number of rotatable bonds is 2. The molecule has 4 aromatic carbocycles. The first kappa shape index (κ1) is 22.5. The molecule has 0 bridgehead atoms. The Morgan fingerprint density at radius 1 is 0.550 bits per heavy atom. The summed E-state index contributed by atoms with van der Waals surface area (Å²) in [5.74, 6) is -0.864. The molecular formula is C32H20N4O4. The topological polar surface area (TPSA) is 116 Å². The Kier molecular flexibility index (Phi) is 4.12. The normalized spacial score (nSPS) is 22.8. The maximum Gasteiger partial charge on any atom is 0.322 e.